The Morgan fingerprint density at radius 1 is 1.61 bits per heavy atom. The number of rotatable bonds is 5. The molecule has 0 saturated heterocycles. The van der Waals surface area contributed by atoms with Crippen LogP contribution >= 0.6 is 0 Å². The van der Waals surface area contributed by atoms with Crippen LogP contribution in [0.2, 0.25) is 0 Å². The van der Waals surface area contributed by atoms with Gasteiger partial charge in [-0.1, -0.05) is 0 Å². The number of likely N-dealkylation sites (N-methyl/N-ethyl adjacent to an activating group) is 1. The number of hydrogen-bond acceptors (Lipinski definition) is 5. The Kier molecular flexibility index (Phi) is 4.70. The lowest BCUT2D eigenvalue weighted by molar-refractivity contribution is -0.120. The van der Waals surface area contributed by atoms with Crippen molar-refractivity contribution in [3.63, 3.8) is 0 Å². The molecule has 1 rings (SSSR count). The first-order valence-electron chi connectivity index (χ1n) is 5.83. The molecule has 0 bridgehead atoms. The minimum Gasteiger partial charge on any atom is -0.391 e. The third-order valence-electron chi connectivity index (χ3n) is 2.33. The molecule has 18 heavy (non-hydrogen) atoms. The molecule has 7 nitrogen and oxygen atoms in total. The quantitative estimate of drug-likeness (QED) is 0.668. The Bertz CT molecular complexity index is 469. The first-order valence-corrected chi connectivity index (χ1v) is 5.83. The number of anilines is 2. The Balaban J connectivity index is 2.87. The Hall–Kier alpha value is -2.05. The second-order valence-electron chi connectivity index (χ2n) is 4.21. The van der Waals surface area contributed by atoms with E-state index in [1.54, 1.807) is 4.90 Å². The van der Waals surface area contributed by atoms with Crippen molar-refractivity contribution in [2.24, 2.45) is 0 Å². The van der Waals surface area contributed by atoms with Gasteiger partial charge in [-0.3, -0.25) is 9.59 Å². The summed E-state index contributed by atoms with van der Waals surface area (Å²) >= 11 is 0. The lowest BCUT2D eigenvalue weighted by Crippen LogP contribution is -2.41. The molecular weight excluding hydrogens is 234 g/mol. The number of H-pyrrole nitrogens is 1. The molecule has 0 atom stereocenters. The van der Waals surface area contributed by atoms with Crippen molar-refractivity contribution in [1.29, 1.82) is 0 Å². The van der Waals surface area contributed by atoms with Gasteiger partial charge < -0.3 is 20.9 Å². The van der Waals surface area contributed by atoms with Crippen LogP contribution in [0.3, 0.4) is 0 Å². The van der Waals surface area contributed by atoms with Gasteiger partial charge in [-0.2, -0.15) is 0 Å². The number of carbonyl (C=O) groups excluding carboxylic acids is 1. The number of aromatic nitrogens is 2. The molecule has 1 aromatic heterocycles. The van der Waals surface area contributed by atoms with Crippen LogP contribution < -0.4 is 21.5 Å². The van der Waals surface area contributed by atoms with Gasteiger partial charge in [-0.15, -0.1) is 0 Å². The Labute approximate surface area is 105 Å². The largest absolute Gasteiger partial charge is 0.391 e. The summed E-state index contributed by atoms with van der Waals surface area (Å²) in [6.07, 6.45) is 1.27. The zero-order valence-electron chi connectivity index (χ0n) is 10.9. The molecule has 1 heterocycles. The molecule has 4 N–H and O–H groups in total. The lowest BCUT2D eigenvalue weighted by atomic mass is 10.3. The fourth-order valence-corrected chi connectivity index (χ4v) is 1.53. The second kappa shape index (κ2) is 6.04. The number of nitrogens with one attached hydrogen (secondary N) is 2. The van der Waals surface area contributed by atoms with Gasteiger partial charge in [0.05, 0.1) is 12.9 Å². The highest BCUT2D eigenvalue weighted by molar-refractivity contribution is 5.82. The van der Waals surface area contributed by atoms with Crippen LogP contribution in [0.25, 0.3) is 0 Å². The van der Waals surface area contributed by atoms with Crippen molar-refractivity contribution in [3.05, 3.63) is 16.7 Å². The van der Waals surface area contributed by atoms with Crippen LogP contribution in [0.4, 0.5) is 11.5 Å². The SMILES string of the molecule is CCN(CC(=O)NC(C)C)c1nc[nH]c(=O)c1N. The van der Waals surface area contributed by atoms with E-state index in [2.05, 4.69) is 15.3 Å². The van der Waals surface area contributed by atoms with Gasteiger partial charge in [0, 0.05) is 12.6 Å². The van der Waals surface area contributed by atoms with E-state index in [0.29, 0.717) is 12.4 Å². The van der Waals surface area contributed by atoms with Gasteiger partial charge in [0.2, 0.25) is 5.91 Å². The highest BCUT2D eigenvalue weighted by Crippen LogP contribution is 2.13. The summed E-state index contributed by atoms with van der Waals surface area (Å²) in [7, 11) is 0. The summed E-state index contributed by atoms with van der Waals surface area (Å²) < 4.78 is 0. The summed E-state index contributed by atoms with van der Waals surface area (Å²) in [6.45, 7) is 6.29. The smallest absolute Gasteiger partial charge is 0.276 e. The number of nitrogens with two attached hydrogens (primary N) is 1. The van der Waals surface area contributed by atoms with Crippen LogP contribution in [0.15, 0.2) is 11.1 Å². The van der Waals surface area contributed by atoms with Crippen LogP contribution in [0.5, 0.6) is 0 Å². The maximum atomic E-state index is 11.7. The summed E-state index contributed by atoms with van der Waals surface area (Å²) in [5.41, 5.74) is 5.28. The van der Waals surface area contributed by atoms with E-state index >= 15 is 0 Å². The summed E-state index contributed by atoms with van der Waals surface area (Å²) in [4.78, 5) is 31.1. The number of nitrogen functional groups attached to an aromatic ring is 1. The molecule has 0 aromatic carbocycles. The Morgan fingerprint density at radius 3 is 2.83 bits per heavy atom. The maximum Gasteiger partial charge on any atom is 0.276 e. The fraction of sp³-hybridized carbons (Fsp3) is 0.545. The highest BCUT2D eigenvalue weighted by atomic mass is 16.2. The Morgan fingerprint density at radius 2 is 2.28 bits per heavy atom. The monoisotopic (exact) mass is 253 g/mol. The van der Waals surface area contributed by atoms with Gasteiger partial charge in [-0.25, -0.2) is 4.98 Å². The lowest BCUT2D eigenvalue weighted by Gasteiger charge is -2.22. The minimum absolute atomic E-state index is 0.0247. The normalized spacial score (nSPS) is 10.4. The summed E-state index contributed by atoms with van der Waals surface area (Å²) in [5, 5.41) is 2.78. The van der Waals surface area contributed by atoms with Gasteiger partial charge in [0.25, 0.3) is 5.56 Å². The van der Waals surface area contributed by atoms with E-state index in [1.807, 2.05) is 20.8 Å². The third-order valence-corrected chi connectivity index (χ3v) is 2.33. The van der Waals surface area contributed by atoms with Crippen molar-refractivity contribution in [3.8, 4) is 0 Å². The van der Waals surface area contributed by atoms with Crippen LogP contribution in [-0.2, 0) is 4.79 Å². The first kappa shape index (κ1) is 14.0. The van der Waals surface area contributed by atoms with Crippen LogP contribution in [-0.4, -0.2) is 35.0 Å². The van der Waals surface area contributed by atoms with Crippen molar-refractivity contribution in [1.82, 2.24) is 15.3 Å². The van der Waals surface area contributed by atoms with E-state index < -0.39 is 5.56 Å². The molecule has 0 fully saturated rings. The van der Waals surface area contributed by atoms with Gasteiger partial charge >= 0.3 is 0 Å². The maximum absolute atomic E-state index is 11.7. The third kappa shape index (κ3) is 3.47. The zero-order chi connectivity index (χ0) is 13.7. The standard InChI is InChI=1S/C11H19N5O2/c1-4-16(5-8(17)15-7(2)3)10-9(12)11(18)14-6-13-10/h6-7H,4-5,12H2,1-3H3,(H,15,17)(H,13,14,18). The van der Waals surface area contributed by atoms with Crippen LogP contribution in [0, 0.1) is 0 Å². The first-order chi connectivity index (χ1) is 8.45. The van der Waals surface area contributed by atoms with Crippen molar-refractivity contribution < 1.29 is 4.79 Å². The molecule has 0 spiro atoms. The molecule has 7 heteroatoms. The molecule has 0 aliphatic carbocycles. The average molecular weight is 253 g/mol. The molecular formula is C11H19N5O2. The predicted molar refractivity (Wildman–Crippen MR) is 70.4 cm³/mol. The molecule has 100 valence electrons. The van der Waals surface area contributed by atoms with E-state index in [1.165, 1.54) is 6.33 Å². The average Bonchev–Trinajstić information content (AvgIpc) is 2.29. The summed E-state index contributed by atoms with van der Waals surface area (Å²) in [5.74, 6) is 0.202. The van der Waals surface area contributed by atoms with E-state index in [0.717, 1.165) is 0 Å². The number of amides is 1. The number of hydrogen-bond donors (Lipinski definition) is 3. The van der Waals surface area contributed by atoms with E-state index in [4.69, 9.17) is 5.73 Å². The van der Waals surface area contributed by atoms with E-state index in [-0.39, 0.29) is 24.2 Å². The van der Waals surface area contributed by atoms with Crippen molar-refractivity contribution in [2.45, 2.75) is 26.8 Å². The van der Waals surface area contributed by atoms with Crippen molar-refractivity contribution >= 4 is 17.4 Å². The molecule has 1 aromatic rings. The number of nitrogens with zero attached hydrogens (tertiary/aromatic N) is 2. The second-order valence-corrected chi connectivity index (χ2v) is 4.21. The van der Waals surface area contributed by atoms with Crippen molar-refractivity contribution in [2.75, 3.05) is 23.7 Å². The molecule has 0 radical (unpaired) electrons. The minimum atomic E-state index is -0.400. The van der Waals surface area contributed by atoms with Gasteiger partial charge in [0.15, 0.2) is 5.82 Å². The van der Waals surface area contributed by atoms with Crippen LogP contribution in [0.1, 0.15) is 20.8 Å². The number of aromatic amines is 1. The van der Waals surface area contributed by atoms with Gasteiger partial charge in [-0.05, 0) is 20.8 Å². The fourth-order valence-electron chi connectivity index (χ4n) is 1.53. The molecule has 0 aliphatic heterocycles. The molecule has 1 amide bonds. The molecule has 0 aliphatic rings. The predicted octanol–water partition coefficient (Wildman–Crippen LogP) is -0.297. The summed E-state index contributed by atoms with van der Waals surface area (Å²) in [6, 6.07) is 0.0701. The number of carbonyl (C=O) groups is 1. The highest BCUT2D eigenvalue weighted by Gasteiger charge is 2.15. The van der Waals surface area contributed by atoms with E-state index in [9.17, 15) is 9.59 Å². The molecule has 0 saturated carbocycles. The zero-order valence-corrected chi connectivity index (χ0v) is 10.9. The van der Waals surface area contributed by atoms with Gasteiger partial charge in [0.1, 0.15) is 5.69 Å². The molecule has 0 unspecified atom stereocenters. The topological polar surface area (TPSA) is 104 Å².